The molecule has 1 rings (SSSR count). The van der Waals surface area contributed by atoms with Crippen molar-refractivity contribution >= 4 is 11.6 Å². The van der Waals surface area contributed by atoms with Crippen molar-refractivity contribution in [2.75, 3.05) is 25.5 Å². The molecule has 1 amide bonds. The number of amides is 1. The summed E-state index contributed by atoms with van der Waals surface area (Å²) in [6.45, 7) is 7.16. The lowest BCUT2D eigenvalue weighted by Gasteiger charge is -2.31. The van der Waals surface area contributed by atoms with Crippen LogP contribution >= 0.6 is 0 Å². The highest BCUT2D eigenvalue weighted by Crippen LogP contribution is 2.17. The third-order valence-corrected chi connectivity index (χ3v) is 3.75. The van der Waals surface area contributed by atoms with E-state index in [1.807, 2.05) is 32.8 Å². The molecule has 0 aliphatic rings. The van der Waals surface area contributed by atoms with Crippen LogP contribution in [0.3, 0.4) is 0 Å². The van der Waals surface area contributed by atoms with Crippen molar-refractivity contribution in [2.45, 2.75) is 45.7 Å². The predicted octanol–water partition coefficient (Wildman–Crippen LogP) is 2.62. The maximum atomic E-state index is 12.6. The van der Waals surface area contributed by atoms with Crippen molar-refractivity contribution in [2.24, 2.45) is 5.73 Å². The maximum absolute atomic E-state index is 12.6. The molecule has 1 atom stereocenters. The molecule has 0 saturated carbocycles. The third-order valence-electron chi connectivity index (χ3n) is 3.75. The van der Waals surface area contributed by atoms with Gasteiger partial charge in [0.25, 0.3) is 0 Å². The molecule has 0 saturated heterocycles. The number of likely N-dealkylation sites (N-methyl/N-ethyl adjacent to an activating group) is 1. The molecular weight excluding hydrogens is 262 g/mol. The first kappa shape index (κ1) is 17.5. The standard InChI is InChI=1S/C17H29N3O/c1-6-12-17(3,18)16(21)20(7-2)13-14-8-10-15(11-9-14)19(4)5/h8-11H,6-7,12-13,18H2,1-5H3. The maximum Gasteiger partial charge on any atom is 0.242 e. The molecule has 0 aliphatic carbocycles. The second-order valence-corrected chi connectivity index (χ2v) is 6.05. The van der Waals surface area contributed by atoms with Gasteiger partial charge in [-0.15, -0.1) is 0 Å². The number of anilines is 1. The predicted molar refractivity (Wildman–Crippen MR) is 89.4 cm³/mol. The van der Waals surface area contributed by atoms with Gasteiger partial charge in [-0.1, -0.05) is 25.5 Å². The van der Waals surface area contributed by atoms with Crippen LogP contribution in [-0.4, -0.2) is 37.0 Å². The lowest BCUT2D eigenvalue weighted by Crippen LogP contribution is -2.52. The Morgan fingerprint density at radius 2 is 1.76 bits per heavy atom. The van der Waals surface area contributed by atoms with Crippen molar-refractivity contribution in [1.82, 2.24) is 4.90 Å². The number of hydrogen-bond acceptors (Lipinski definition) is 3. The second kappa shape index (κ2) is 7.46. The number of rotatable bonds is 7. The molecule has 118 valence electrons. The summed E-state index contributed by atoms with van der Waals surface area (Å²) in [5.74, 6) is 0.0311. The van der Waals surface area contributed by atoms with Crippen LogP contribution in [0, 0.1) is 0 Å². The third kappa shape index (κ3) is 4.74. The topological polar surface area (TPSA) is 49.6 Å². The fourth-order valence-corrected chi connectivity index (χ4v) is 2.43. The summed E-state index contributed by atoms with van der Waals surface area (Å²) in [4.78, 5) is 16.5. The number of hydrogen-bond donors (Lipinski definition) is 1. The zero-order valence-corrected chi connectivity index (χ0v) is 14.0. The van der Waals surface area contributed by atoms with E-state index in [2.05, 4.69) is 36.1 Å². The van der Waals surface area contributed by atoms with Crippen molar-refractivity contribution in [1.29, 1.82) is 0 Å². The van der Waals surface area contributed by atoms with Crippen molar-refractivity contribution in [3.8, 4) is 0 Å². The molecule has 1 unspecified atom stereocenters. The monoisotopic (exact) mass is 291 g/mol. The van der Waals surface area contributed by atoms with Crippen LogP contribution in [-0.2, 0) is 11.3 Å². The van der Waals surface area contributed by atoms with Gasteiger partial charge in [0.1, 0.15) is 0 Å². The van der Waals surface area contributed by atoms with Crippen LogP contribution < -0.4 is 10.6 Å². The Kier molecular flexibility index (Phi) is 6.21. The zero-order chi connectivity index (χ0) is 16.0. The minimum absolute atomic E-state index is 0.0311. The Labute approximate surface area is 128 Å². The molecule has 1 aromatic rings. The molecule has 4 heteroatoms. The quantitative estimate of drug-likeness (QED) is 0.840. The summed E-state index contributed by atoms with van der Waals surface area (Å²) in [5.41, 5.74) is 7.68. The molecule has 0 spiro atoms. The smallest absolute Gasteiger partial charge is 0.242 e. The van der Waals surface area contributed by atoms with Gasteiger partial charge < -0.3 is 15.5 Å². The Morgan fingerprint density at radius 1 is 1.19 bits per heavy atom. The molecule has 0 fully saturated rings. The first-order valence-electron chi connectivity index (χ1n) is 7.66. The first-order chi connectivity index (χ1) is 9.81. The van der Waals surface area contributed by atoms with E-state index in [9.17, 15) is 4.79 Å². The largest absolute Gasteiger partial charge is 0.378 e. The highest BCUT2D eigenvalue weighted by Gasteiger charge is 2.31. The van der Waals surface area contributed by atoms with Gasteiger partial charge in [-0.3, -0.25) is 4.79 Å². The fourth-order valence-electron chi connectivity index (χ4n) is 2.43. The summed E-state index contributed by atoms with van der Waals surface area (Å²) in [7, 11) is 4.03. The van der Waals surface area contributed by atoms with E-state index < -0.39 is 5.54 Å². The van der Waals surface area contributed by atoms with Gasteiger partial charge in [0.15, 0.2) is 0 Å². The minimum atomic E-state index is -0.770. The Hall–Kier alpha value is -1.55. The van der Waals surface area contributed by atoms with Crippen molar-refractivity contribution in [3.05, 3.63) is 29.8 Å². The summed E-state index contributed by atoms with van der Waals surface area (Å²) < 4.78 is 0. The van der Waals surface area contributed by atoms with Gasteiger partial charge in [-0.25, -0.2) is 0 Å². The molecule has 21 heavy (non-hydrogen) atoms. The van der Waals surface area contributed by atoms with Crippen LogP contribution in [0.1, 0.15) is 39.2 Å². The van der Waals surface area contributed by atoms with E-state index in [-0.39, 0.29) is 5.91 Å². The number of carbonyl (C=O) groups is 1. The summed E-state index contributed by atoms with van der Waals surface area (Å²) in [6.07, 6.45) is 1.62. The lowest BCUT2D eigenvalue weighted by molar-refractivity contribution is -0.137. The van der Waals surface area contributed by atoms with Crippen LogP contribution in [0.5, 0.6) is 0 Å². The van der Waals surface area contributed by atoms with Crippen molar-refractivity contribution < 1.29 is 4.79 Å². The molecule has 0 radical (unpaired) electrons. The van der Waals surface area contributed by atoms with Crippen LogP contribution in [0.2, 0.25) is 0 Å². The van der Waals surface area contributed by atoms with Gasteiger partial charge in [-0.2, -0.15) is 0 Å². The minimum Gasteiger partial charge on any atom is -0.378 e. The first-order valence-corrected chi connectivity index (χ1v) is 7.66. The van der Waals surface area contributed by atoms with Gasteiger partial charge in [0.2, 0.25) is 5.91 Å². The Balaban J connectivity index is 2.80. The van der Waals surface area contributed by atoms with Crippen molar-refractivity contribution in [3.63, 3.8) is 0 Å². The number of nitrogens with two attached hydrogens (primary N) is 1. The molecule has 0 aliphatic heterocycles. The SMILES string of the molecule is CCCC(C)(N)C(=O)N(CC)Cc1ccc(N(C)C)cc1. The van der Waals surface area contributed by atoms with Gasteiger partial charge in [0, 0.05) is 32.9 Å². The average molecular weight is 291 g/mol. The van der Waals surface area contributed by atoms with Crippen LogP contribution in [0.4, 0.5) is 5.69 Å². The van der Waals surface area contributed by atoms with E-state index >= 15 is 0 Å². The number of nitrogens with zero attached hydrogens (tertiary/aromatic N) is 2. The Bertz CT molecular complexity index is 452. The van der Waals surface area contributed by atoms with E-state index in [1.165, 1.54) is 0 Å². The highest BCUT2D eigenvalue weighted by atomic mass is 16.2. The van der Waals surface area contributed by atoms with Crippen LogP contribution in [0.25, 0.3) is 0 Å². The van der Waals surface area contributed by atoms with Gasteiger partial charge >= 0.3 is 0 Å². The molecule has 0 bridgehead atoms. The van der Waals surface area contributed by atoms with E-state index in [0.717, 1.165) is 17.7 Å². The van der Waals surface area contributed by atoms with Gasteiger partial charge in [0.05, 0.1) is 5.54 Å². The molecule has 2 N–H and O–H groups in total. The molecule has 0 heterocycles. The summed E-state index contributed by atoms with van der Waals surface area (Å²) >= 11 is 0. The fraction of sp³-hybridized carbons (Fsp3) is 0.588. The molecule has 0 aromatic heterocycles. The molecular formula is C17H29N3O. The zero-order valence-electron chi connectivity index (χ0n) is 14.0. The van der Waals surface area contributed by atoms with Gasteiger partial charge in [-0.05, 0) is 38.0 Å². The number of benzene rings is 1. The summed E-state index contributed by atoms with van der Waals surface area (Å²) in [6, 6.07) is 8.28. The van der Waals surface area contributed by atoms with E-state index in [0.29, 0.717) is 19.5 Å². The second-order valence-electron chi connectivity index (χ2n) is 6.05. The normalized spacial score (nSPS) is 13.6. The number of carbonyl (C=O) groups excluding carboxylic acids is 1. The molecule has 1 aromatic carbocycles. The lowest BCUT2D eigenvalue weighted by atomic mass is 9.95. The van der Waals surface area contributed by atoms with E-state index in [1.54, 1.807) is 0 Å². The van der Waals surface area contributed by atoms with Crippen LogP contribution in [0.15, 0.2) is 24.3 Å². The molecule has 4 nitrogen and oxygen atoms in total. The summed E-state index contributed by atoms with van der Waals surface area (Å²) in [5, 5.41) is 0. The van der Waals surface area contributed by atoms with E-state index in [4.69, 9.17) is 5.73 Å². The highest BCUT2D eigenvalue weighted by molar-refractivity contribution is 5.85. The average Bonchev–Trinajstić information content (AvgIpc) is 2.44. The Morgan fingerprint density at radius 3 is 2.19 bits per heavy atom.